The van der Waals surface area contributed by atoms with Gasteiger partial charge in [-0.15, -0.1) is 0 Å². The summed E-state index contributed by atoms with van der Waals surface area (Å²) in [6.45, 7) is 2.48. The number of likely N-dealkylation sites (N-methyl/N-ethyl adjacent to an activating group) is 1. The number of pyridine rings is 1. The van der Waals surface area contributed by atoms with Crippen molar-refractivity contribution in [2.75, 3.05) is 13.6 Å². The van der Waals surface area contributed by atoms with Crippen LogP contribution in [-0.4, -0.2) is 36.6 Å². The molecular weight excluding hydrogens is 254 g/mol. The molecule has 2 unspecified atom stereocenters. The van der Waals surface area contributed by atoms with E-state index in [2.05, 4.69) is 15.6 Å². The maximum Gasteiger partial charge on any atom is 0.270 e. The molecule has 0 spiro atoms. The highest BCUT2D eigenvalue weighted by Gasteiger charge is 2.25. The van der Waals surface area contributed by atoms with Crippen LogP contribution in [0.4, 0.5) is 0 Å². The van der Waals surface area contributed by atoms with E-state index in [-0.39, 0.29) is 12.0 Å². The second-order valence-corrected chi connectivity index (χ2v) is 5.07. The zero-order valence-corrected chi connectivity index (χ0v) is 12.2. The van der Waals surface area contributed by atoms with Gasteiger partial charge in [-0.3, -0.25) is 9.78 Å². The van der Waals surface area contributed by atoms with Gasteiger partial charge in [-0.25, -0.2) is 0 Å². The average molecular weight is 277 g/mol. The Morgan fingerprint density at radius 3 is 3.00 bits per heavy atom. The van der Waals surface area contributed by atoms with Crippen molar-refractivity contribution in [3.8, 4) is 5.75 Å². The van der Waals surface area contributed by atoms with Gasteiger partial charge in [-0.1, -0.05) is 6.42 Å². The highest BCUT2D eigenvalue weighted by atomic mass is 16.5. The van der Waals surface area contributed by atoms with Gasteiger partial charge in [0.15, 0.2) is 0 Å². The largest absolute Gasteiger partial charge is 0.489 e. The molecule has 1 aromatic heterocycles. The van der Waals surface area contributed by atoms with E-state index in [0.717, 1.165) is 12.8 Å². The maximum absolute atomic E-state index is 11.8. The number of aromatic nitrogens is 1. The van der Waals surface area contributed by atoms with E-state index in [1.807, 2.05) is 20.0 Å². The van der Waals surface area contributed by atoms with Crippen LogP contribution < -0.4 is 15.4 Å². The fraction of sp³-hybridized carbons (Fsp3) is 0.600. The summed E-state index contributed by atoms with van der Waals surface area (Å²) in [5, 5.41) is 6.06. The lowest BCUT2D eigenvalue weighted by Crippen LogP contribution is -2.43. The van der Waals surface area contributed by atoms with E-state index >= 15 is 0 Å². The molecule has 1 fully saturated rings. The number of ether oxygens (including phenoxy) is 1. The smallest absolute Gasteiger partial charge is 0.270 e. The standard InChI is InChI=1S/C15H23N3O2/c1-3-17-15(19)13-10-11(8-9-18-13)20-14-7-5-4-6-12(14)16-2/h8-10,12,14,16H,3-7H2,1-2H3,(H,17,19). The summed E-state index contributed by atoms with van der Waals surface area (Å²) in [6, 6.07) is 3.90. The van der Waals surface area contributed by atoms with Gasteiger partial charge in [0.05, 0.1) is 0 Å². The molecule has 1 aliphatic rings. The number of hydrogen-bond donors (Lipinski definition) is 2. The molecule has 20 heavy (non-hydrogen) atoms. The molecule has 5 heteroatoms. The van der Waals surface area contributed by atoms with E-state index in [0.29, 0.717) is 24.0 Å². The Bertz CT molecular complexity index is 450. The number of amides is 1. The molecule has 1 amide bonds. The third-order valence-corrected chi connectivity index (χ3v) is 3.66. The minimum Gasteiger partial charge on any atom is -0.489 e. The van der Waals surface area contributed by atoms with Crippen LogP contribution in [0.2, 0.25) is 0 Å². The number of nitrogens with zero attached hydrogens (tertiary/aromatic N) is 1. The van der Waals surface area contributed by atoms with E-state index < -0.39 is 0 Å². The normalized spacial score (nSPS) is 22.3. The molecular formula is C15H23N3O2. The van der Waals surface area contributed by atoms with Gasteiger partial charge in [-0.05, 0) is 39.3 Å². The first-order chi connectivity index (χ1) is 9.74. The first-order valence-corrected chi connectivity index (χ1v) is 7.32. The van der Waals surface area contributed by atoms with Crippen LogP contribution in [0.1, 0.15) is 43.1 Å². The van der Waals surface area contributed by atoms with Crippen molar-refractivity contribution in [1.82, 2.24) is 15.6 Å². The Labute approximate surface area is 120 Å². The zero-order valence-electron chi connectivity index (χ0n) is 12.2. The maximum atomic E-state index is 11.8. The minimum absolute atomic E-state index is 0.160. The monoisotopic (exact) mass is 277 g/mol. The van der Waals surface area contributed by atoms with E-state index in [4.69, 9.17) is 4.74 Å². The molecule has 0 saturated heterocycles. The Morgan fingerprint density at radius 1 is 1.45 bits per heavy atom. The predicted molar refractivity (Wildman–Crippen MR) is 78.0 cm³/mol. The van der Waals surface area contributed by atoms with Gasteiger partial charge >= 0.3 is 0 Å². The molecule has 1 aromatic rings. The lowest BCUT2D eigenvalue weighted by Gasteiger charge is -2.31. The Morgan fingerprint density at radius 2 is 2.25 bits per heavy atom. The van der Waals surface area contributed by atoms with Crippen molar-refractivity contribution in [2.24, 2.45) is 0 Å². The number of nitrogens with one attached hydrogen (secondary N) is 2. The number of hydrogen-bond acceptors (Lipinski definition) is 4. The molecule has 0 aliphatic heterocycles. The van der Waals surface area contributed by atoms with Gasteiger partial charge in [0.2, 0.25) is 0 Å². The van der Waals surface area contributed by atoms with Crippen molar-refractivity contribution in [3.05, 3.63) is 24.0 Å². The number of carbonyl (C=O) groups is 1. The summed E-state index contributed by atoms with van der Waals surface area (Å²) in [7, 11) is 1.97. The summed E-state index contributed by atoms with van der Waals surface area (Å²) >= 11 is 0. The average Bonchev–Trinajstić information content (AvgIpc) is 2.48. The zero-order chi connectivity index (χ0) is 14.4. The van der Waals surface area contributed by atoms with Crippen molar-refractivity contribution < 1.29 is 9.53 Å². The summed E-state index contributed by atoms with van der Waals surface area (Å²) in [6.07, 6.45) is 6.40. The molecule has 1 heterocycles. The number of carbonyl (C=O) groups excluding carboxylic acids is 1. The second kappa shape index (κ2) is 7.24. The van der Waals surface area contributed by atoms with Crippen molar-refractivity contribution in [2.45, 2.75) is 44.8 Å². The quantitative estimate of drug-likeness (QED) is 0.860. The predicted octanol–water partition coefficient (Wildman–Crippen LogP) is 1.74. The molecule has 2 rings (SSSR count). The molecule has 110 valence electrons. The Kier molecular flexibility index (Phi) is 5.35. The highest BCUT2D eigenvalue weighted by molar-refractivity contribution is 5.92. The third kappa shape index (κ3) is 3.70. The minimum atomic E-state index is -0.160. The first-order valence-electron chi connectivity index (χ1n) is 7.32. The van der Waals surface area contributed by atoms with Crippen LogP contribution in [0.15, 0.2) is 18.3 Å². The van der Waals surface area contributed by atoms with Crippen LogP contribution in [0.25, 0.3) is 0 Å². The highest BCUT2D eigenvalue weighted by Crippen LogP contribution is 2.23. The molecule has 1 saturated carbocycles. The summed E-state index contributed by atoms with van der Waals surface area (Å²) in [5.74, 6) is 0.556. The van der Waals surface area contributed by atoms with E-state index in [1.165, 1.54) is 12.8 Å². The molecule has 5 nitrogen and oxygen atoms in total. The molecule has 2 atom stereocenters. The van der Waals surface area contributed by atoms with Gasteiger partial charge < -0.3 is 15.4 Å². The lowest BCUT2D eigenvalue weighted by molar-refractivity contribution is 0.0947. The molecule has 0 radical (unpaired) electrons. The summed E-state index contributed by atoms with van der Waals surface area (Å²) < 4.78 is 6.05. The van der Waals surface area contributed by atoms with E-state index in [9.17, 15) is 4.79 Å². The van der Waals surface area contributed by atoms with Gasteiger partial charge in [-0.2, -0.15) is 0 Å². The van der Waals surface area contributed by atoms with Crippen molar-refractivity contribution in [3.63, 3.8) is 0 Å². The molecule has 0 bridgehead atoms. The second-order valence-electron chi connectivity index (χ2n) is 5.07. The summed E-state index contributed by atoms with van der Waals surface area (Å²) in [5.41, 5.74) is 0.404. The molecule has 1 aliphatic carbocycles. The van der Waals surface area contributed by atoms with Crippen molar-refractivity contribution >= 4 is 5.91 Å². The van der Waals surface area contributed by atoms with Crippen LogP contribution in [0, 0.1) is 0 Å². The fourth-order valence-corrected chi connectivity index (χ4v) is 2.60. The molecule has 2 N–H and O–H groups in total. The van der Waals surface area contributed by atoms with Crippen LogP contribution in [0.3, 0.4) is 0 Å². The third-order valence-electron chi connectivity index (χ3n) is 3.66. The van der Waals surface area contributed by atoms with E-state index in [1.54, 1.807) is 12.3 Å². The van der Waals surface area contributed by atoms with Gasteiger partial charge in [0.1, 0.15) is 17.5 Å². The Balaban J connectivity index is 2.05. The fourth-order valence-electron chi connectivity index (χ4n) is 2.60. The van der Waals surface area contributed by atoms with Crippen LogP contribution in [0.5, 0.6) is 5.75 Å². The van der Waals surface area contributed by atoms with Gasteiger partial charge in [0.25, 0.3) is 5.91 Å². The topological polar surface area (TPSA) is 63.2 Å². The first kappa shape index (κ1) is 14.8. The summed E-state index contributed by atoms with van der Waals surface area (Å²) in [4.78, 5) is 15.9. The van der Waals surface area contributed by atoms with Crippen LogP contribution in [-0.2, 0) is 0 Å². The van der Waals surface area contributed by atoms with Gasteiger partial charge in [0, 0.05) is 24.8 Å². The SMILES string of the molecule is CCNC(=O)c1cc(OC2CCCCC2NC)ccn1. The molecule has 0 aromatic carbocycles. The Hall–Kier alpha value is -1.62. The van der Waals surface area contributed by atoms with Crippen LogP contribution >= 0.6 is 0 Å². The lowest BCUT2D eigenvalue weighted by atomic mass is 9.92. The number of rotatable bonds is 5. The van der Waals surface area contributed by atoms with Crippen molar-refractivity contribution in [1.29, 1.82) is 0 Å².